The molecule has 2 atom stereocenters. The van der Waals surface area contributed by atoms with Gasteiger partial charge in [-0.25, -0.2) is 0 Å². The molecule has 1 fully saturated rings. The fraction of sp³-hybridized carbons (Fsp3) is 0.600. The minimum atomic E-state index is -1.37. The van der Waals surface area contributed by atoms with Gasteiger partial charge in [-0.1, -0.05) is 37.0 Å². The van der Waals surface area contributed by atoms with Gasteiger partial charge in [0.15, 0.2) is 0 Å². The molecule has 0 heterocycles. The number of allylic oxidation sites excluding steroid dienone is 1. The molecular weight excluding hydrogens is 239 g/mol. The fourth-order valence-electron chi connectivity index (χ4n) is 2.49. The zero-order chi connectivity index (χ0) is 12.0. The maximum atomic E-state index is 11.5. The van der Waals surface area contributed by atoms with Crippen LogP contribution in [-0.4, -0.2) is 16.9 Å². The highest BCUT2D eigenvalue weighted by molar-refractivity contribution is 6.55. The minimum Gasteiger partial charge on any atom is -0.480 e. The highest BCUT2D eigenvalue weighted by Gasteiger charge is 2.78. The van der Waals surface area contributed by atoms with Crippen molar-refractivity contribution in [1.82, 2.24) is 0 Å². The van der Waals surface area contributed by atoms with Crippen molar-refractivity contribution >= 4 is 35.0 Å². The van der Waals surface area contributed by atoms with E-state index in [2.05, 4.69) is 0 Å². The lowest BCUT2D eigenvalue weighted by Crippen LogP contribution is -2.29. The van der Waals surface area contributed by atoms with Crippen LogP contribution in [0.5, 0.6) is 0 Å². The van der Waals surface area contributed by atoms with E-state index in [1.165, 1.54) is 13.0 Å². The van der Waals surface area contributed by atoms with E-state index in [4.69, 9.17) is 28.3 Å². The highest BCUT2D eigenvalue weighted by atomic mass is 35.5. The van der Waals surface area contributed by atoms with Gasteiger partial charge in [0.2, 0.25) is 0 Å². The Hall–Kier alpha value is -0.540. The minimum absolute atomic E-state index is 0.00236. The van der Waals surface area contributed by atoms with Crippen molar-refractivity contribution in [3.63, 3.8) is 0 Å². The van der Waals surface area contributed by atoms with E-state index in [0.717, 1.165) is 0 Å². The van der Waals surface area contributed by atoms with Crippen molar-refractivity contribution in [2.24, 2.45) is 16.7 Å². The Bertz CT molecular complexity index is 340. The molecule has 1 rings (SSSR count). The van der Waals surface area contributed by atoms with Gasteiger partial charge in [0.25, 0.3) is 0 Å². The average molecular weight is 251 g/mol. The van der Waals surface area contributed by atoms with Crippen molar-refractivity contribution in [2.75, 3.05) is 0 Å². The number of halogens is 2. The Morgan fingerprint density at radius 3 is 2.00 bits per heavy atom. The SMILES string of the molecule is CC(=O)C1(C(=O)O)C(C=C(Cl)Cl)C1(C)C. The van der Waals surface area contributed by atoms with Crippen LogP contribution in [0.25, 0.3) is 0 Å². The molecule has 1 N–H and O–H groups in total. The van der Waals surface area contributed by atoms with Gasteiger partial charge < -0.3 is 5.11 Å². The third-order valence-electron chi connectivity index (χ3n) is 3.36. The first-order valence-corrected chi connectivity index (χ1v) is 5.22. The molecule has 0 bridgehead atoms. The molecule has 2 unspecified atom stereocenters. The summed E-state index contributed by atoms with van der Waals surface area (Å²) in [6.45, 7) is 4.73. The molecule has 15 heavy (non-hydrogen) atoms. The second kappa shape index (κ2) is 3.49. The Morgan fingerprint density at radius 2 is 1.80 bits per heavy atom. The van der Waals surface area contributed by atoms with E-state index in [0.29, 0.717) is 0 Å². The van der Waals surface area contributed by atoms with E-state index in [1.54, 1.807) is 13.8 Å². The second-order valence-electron chi connectivity index (χ2n) is 4.33. The Morgan fingerprint density at radius 1 is 1.33 bits per heavy atom. The normalized spacial score (nSPS) is 31.9. The van der Waals surface area contributed by atoms with Gasteiger partial charge in [0.1, 0.15) is 15.7 Å². The van der Waals surface area contributed by atoms with Gasteiger partial charge >= 0.3 is 5.97 Å². The summed E-state index contributed by atoms with van der Waals surface area (Å²) in [6.07, 6.45) is 1.43. The number of hydrogen-bond donors (Lipinski definition) is 1. The molecule has 1 saturated carbocycles. The molecule has 0 aromatic heterocycles. The van der Waals surface area contributed by atoms with Crippen molar-refractivity contribution in [3.8, 4) is 0 Å². The number of hydrogen-bond acceptors (Lipinski definition) is 2. The quantitative estimate of drug-likeness (QED) is 0.784. The van der Waals surface area contributed by atoms with E-state index in [-0.39, 0.29) is 10.3 Å². The number of rotatable bonds is 3. The molecule has 1 aliphatic rings. The molecule has 84 valence electrons. The van der Waals surface area contributed by atoms with Crippen LogP contribution in [0.1, 0.15) is 20.8 Å². The molecule has 0 aliphatic heterocycles. The fourth-order valence-corrected chi connectivity index (χ4v) is 2.75. The third-order valence-corrected chi connectivity index (χ3v) is 3.61. The van der Waals surface area contributed by atoms with Gasteiger partial charge in [0.05, 0.1) is 0 Å². The Kier molecular flexibility index (Phi) is 2.92. The predicted octanol–water partition coefficient (Wildman–Crippen LogP) is 2.62. The first-order valence-electron chi connectivity index (χ1n) is 4.46. The highest BCUT2D eigenvalue weighted by Crippen LogP contribution is 2.70. The third kappa shape index (κ3) is 1.49. The molecule has 0 amide bonds. The van der Waals surface area contributed by atoms with Crippen molar-refractivity contribution in [2.45, 2.75) is 20.8 Å². The lowest BCUT2D eigenvalue weighted by Gasteiger charge is -2.10. The first-order chi connectivity index (χ1) is 6.69. The number of aliphatic carboxylic acids is 1. The van der Waals surface area contributed by atoms with Crippen LogP contribution in [0, 0.1) is 16.7 Å². The number of carbonyl (C=O) groups excluding carboxylic acids is 1. The van der Waals surface area contributed by atoms with E-state index < -0.39 is 22.7 Å². The summed E-state index contributed by atoms with van der Waals surface area (Å²) in [7, 11) is 0. The summed E-state index contributed by atoms with van der Waals surface area (Å²) in [5.41, 5.74) is -2.01. The monoisotopic (exact) mass is 250 g/mol. The van der Waals surface area contributed by atoms with Crippen LogP contribution in [-0.2, 0) is 9.59 Å². The molecular formula is C10H12Cl2O3. The Labute approximate surface area is 98.1 Å². The van der Waals surface area contributed by atoms with Crippen molar-refractivity contribution in [1.29, 1.82) is 0 Å². The maximum absolute atomic E-state index is 11.5. The number of carboxylic acid groups (broad SMARTS) is 1. The largest absolute Gasteiger partial charge is 0.480 e. The molecule has 1 aliphatic carbocycles. The molecule has 0 aromatic carbocycles. The number of ketones is 1. The Balaban J connectivity index is 3.20. The van der Waals surface area contributed by atoms with Crippen molar-refractivity contribution in [3.05, 3.63) is 10.6 Å². The molecule has 0 aromatic rings. The van der Waals surface area contributed by atoms with Gasteiger partial charge in [-0.3, -0.25) is 9.59 Å². The topological polar surface area (TPSA) is 54.4 Å². The standard InChI is InChI=1S/C10H12Cl2O3/c1-5(13)10(8(14)15)6(4-7(11)12)9(10,2)3/h4,6H,1-3H3,(H,14,15). The smallest absolute Gasteiger partial charge is 0.318 e. The van der Waals surface area contributed by atoms with Gasteiger partial charge in [-0.15, -0.1) is 0 Å². The molecule has 5 heteroatoms. The number of Topliss-reactive ketones (excluding diaryl/α,β-unsaturated/α-hetero) is 1. The summed E-state index contributed by atoms with van der Waals surface area (Å²) in [4.78, 5) is 22.7. The average Bonchev–Trinajstić information content (AvgIpc) is 2.47. The predicted molar refractivity (Wildman–Crippen MR) is 57.8 cm³/mol. The van der Waals surface area contributed by atoms with Gasteiger partial charge in [-0.2, -0.15) is 0 Å². The maximum Gasteiger partial charge on any atom is 0.318 e. The summed E-state index contributed by atoms with van der Waals surface area (Å²) in [5, 5.41) is 9.16. The lowest BCUT2D eigenvalue weighted by molar-refractivity contribution is -0.149. The summed E-state index contributed by atoms with van der Waals surface area (Å²) in [6, 6.07) is 0. The molecule has 0 spiro atoms. The van der Waals surface area contributed by atoms with Crippen LogP contribution in [0.4, 0.5) is 0 Å². The van der Waals surface area contributed by atoms with Crippen LogP contribution in [0.2, 0.25) is 0 Å². The zero-order valence-corrected chi connectivity index (χ0v) is 10.2. The lowest BCUT2D eigenvalue weighted by atomic mass is 9.92. The van der Waals surface area contributed by atoms with Gasteiger partial charge in [-0.05, 0) is 18.4 Å². The van der Waals surface area contributed by atoms with Crippen LogP contribution in [0.15, 0.2) is 10.6 Å². The summed E-state index contributed by atoms with van der Waals surface area (Å²) >= 11 is 11.0. The zero-order valence-electron chi connectivity index (χ0n) is 8.67. The molecule has 0 radical (unpaired) electrons. The van der Waals surface area contributed by atoms with E-state index in [1.807, 2.05) is 0 Å². The van der Waals surface area contributed by atoms with E-state index in [9.17, 15) is 9.59 Å². The number of carbonyl (C=O) groups is 2. The first kappa shape index (κ1) is 12.5. The summed E-state index contributed by atoms with van der Waals surface area (Å²) < 4.78 is -0.00236. The van der Waals surface area contributed by atoms with Crippen LogP contribution in [0.3, 0.4) is 0 Å². The van der Waals surface area contributed by atoms with Crippen LogP contribution < -0.4 is 0 Å². The van der Waals surface area contributed by atoms with Crippen LogP contribution >= 0.6 is 23.2 Å². The molecule has 0 saturated heterocycles. The van der Waals surface area contributed by atoms with Gasteiger partial charge in [0, 0.05) is 5.92 Å². The van der Waals surface area contributed by atoms with Crippen molar-refractivity contribution < 1.29 is 14.7 Å². The second-order valence-corrected chi connectivity index (χ2v) is 5.33. The summed E-state index contributed by atoms with van der Waals surface area (Å²) in [5.74, 6) is -1.92. The molecule has 3 nitrogen and oxygen atoms in total. The van der Waals surface area contributed by atoms with E-state index >= 15 is 0 Å². The number of carboxylic acids is 1.